The van der Waals surface area contributed by atoms with Crippen LogP contribution in [-0.4, -0.2) is 5.91 Å². The van der Waals surface area contributed by atoms with Gasteiger partial charge in [0.15, 0.2) is 0 Å². The van der Waals surface area contributed by atoms with Crippen molar-refractivity contribution in [1.82, 2.24) is 0 Å². The predicted molar refractivity (Wildman–Crippen MR) is 74.6 cm³/mol. The molecule has 0 aromatic heterocycles. The van der Waals surface area contributed by atoms with Crippen LogP contribution in [0.4, 0.5) is 14.5 Å². The molecule has 0 saturated carbocycles. The van der Waals surface area contributed by atoms with Gasteiger partial charge in [0.25, 0.3) is 0 Å². The zero-order valence-corrected chi connectivity index (χ0v) is 11.3. The molecule has 0 saturated heterocycles. The van der Waals surface area contributed by atoms with E-state index in [4.69, 9.17) is 0 Å². The molecule has 0 bridgehead atoms. The van der Waals surface area contributed by atoms with Crippen LogP contribution in [0.2, 0.25) is 0 Å². The number of carbonyl (C=O) groups excluding carboxylic acids is 1. The Morgan fingerprint density at radius 3 is 2.25 bits per heavy atom. The van der Waals surface area contributed by atoms with E-state index in [1.54, 1.807) is 12.1 Å². The zero-order valence-electron chi connectivity index (χ0n) is 11.3. The van der Waals surface area contributed by atoms with Gasteiger partial charge in [0.1, 0.15) is 11.6 Å². The quantitative estimate of drug-likeness (QED) is 0.898. The first-order valence-electron chi connectivity index (χ1n) is 6.30. The van der Waals surface area contributed by atoms with Gasteiger partial charge in [-0.05, 0) is 41.5 Å². The van der Waals surface area contributed by atoms with Crippen molar-refractivity contribution in [3.8, 4) is 0 Å². The summed E-state index contributed by atoms with van der Waals surface area (Å²) in [5.74, 6) is -1.07. The molecule has 2 nitrogen and oxygen atoms in total. The number of hydrogen-bond donors (Lipinski definition) is 1. The molecule has 0 fully saturated rings. The first kappa shape index (κ1) is 14.2. The minimum atomic E-state index is -0.372. The zero-order chi connectivity index (χ0) is 14.7. The minimum absolute atomic E-state index is 0.159. The van der Waals surface area contributed by atoms with Crippen LogP contribution in [0.3, 0.4) is 0 Å². The van der Waals surface area contributed by atoms with E-state index in [9.17, 15) is 13.6 Å². The van der Waals surface area contributed by atoms with Gasteiger partial charge >= 0.3 is 0 Å². The van der Waals surface area contributed by atoms with Gasteiger partial charge in [-0.3, -0.25) is 4.79 Å². The molecule has 1 unspecified atom stereocenters. The van der Waals surface area contributed by atoms with Gasteiger partial charge in [0.2, 0.25) is 5.91 Å². The van der Waals surface area contributed by atoms with Crippen LogP contribution in [0.5, 0.6) is 0 Å². The standard InChI is InChI=1S/C16H15F2NO/c1-10(12-3-5-13(17)6-4-12)15-9-14(18)7-8-16(15)19-11(2)20/h3-10H,1-2H3,(H,19,20). The summed E-state index contributed by atoms with van der Waals surface area (Å²) in [4.78, 5) is 11.2. The van der Waals surface area contributed by atoms with Crippen molar-refractivity contribution in [1.29, 1.82) is 0 Å². The third-order valence-corrected chi connectivity index (χ3v) is 3.16. The van der Waals surface area contributed by atoms with Crippen LogP contribution < -0.4 is 5.32 Å². The highest BCUT2D eigenvalue weighted by Crippen LogP contribution is 2.30. The molecule has 1 amide bonds. The van der Waals surface area contributed by atoms with Crippen LogP contribution in [0.1, 0.15) is 30.9 Å². The molecular formula is C16H15F2NO. The molecule has 0 aliphatic carbocycles. The first-order chi connectivity index (χ1) is 9.47. The second-order valence-electron chi connectivity index (χ2n) is 4.69. The lowest BCUT2D eigenvalue weighted by atomic mass is 9.91. The van der Waals surface area contributed by atoms with Crippen LogP contribution in [0, 0.1) is 11.6 Å². The maximum Gasteiger partial charge on any atom is 0.221 e. The van der Waals surface area contributed by atoms with Gasteiger partial charge in [0, 0.05) is 18.5 Å². The Bertz CT molecular complexity index is 623. The van der Waals surface area contributed by atoms with E-state index in [1.807, 2.05) is 6.92 Å². The number of benzene rings is 2. The molecule has 0 spiro atoms. The molecular weight excluding hydrogens is 260 g/mol. The summed E-state index contributed by atoms with van der Waals surface area (Å²) >= 11 is 0. The normalized spacial score (nSPS) is 12.0. The highest BCUT2D eigenvalue weighted by molar-refractivity contribution is 5.89. The Kier molecular flexibility index (Phi) is 4.13. The monoisotopic (exact) mass is 275 g/mol. The minimum Gasteiger partial charge on any atom is -0.326 e. The number of rotatable bonds is 3. The second-order valence-corrected chi connectivity index (χ2v) is 4.69. The Hall–Kier alpha value is -2.23. The molecule has 20 heavy (non-hydrogen) atoms. The number of hydrogen-bond acceptors (Lipinski definition) is 1. The maximum absolute atomic E-state index is 13.5. The number of nitrogens with one attached hydrogen (secondary N) is 1. The average Bonchev–Trinajstić information content (AvgIpc) is 2.40. The molecule has 0 heterocycles. The number of halogens is 2. The summed E-state index contributed by atoms with van der Waals surface area (Å²) in [5, 5.41) is 2.68. The third-order valence-electron chi connectivity index (χ3n) is 3.16. The predicted octanol–water partition coefficient (Wildman–Crippen LogP) is 4.08. The molecule has 2 aromatic rings. The molecule has 2 rings (SSSR count). The van der Waals surface area contributed by atoms with Gasteiger partial charge in [-0.15, -0.1) is 0 Å². The summed E-state index contributed by atoms with van der Waals surface area (Å²) < 4.78 is 26.4. The molecule has 4 heteroatoms. The Labute approximate surface area is 116 Å². The molecule has 104 valence electrons. The highest BCUT2D eigenvalue weighted by Gasteiger charge is 2.14. The molecule has 1 atom stereocenters. The lowest BCUT2D eigenvalue weighted by molar-refractivity contribution is -0.114. The van der Waals surface area contributed by atoms with Gasteiger partial charge in [-0.2, -0.15) is 0 Å². The Balaban J connectivity index is 2.41. The molecule has 0 aliphatic heterocycles. The highest BCUT2D eigenvalue weighted by atomic mass is 19.1. The summed E-state index contributed by atoms with van der Waals surface area (Å²) in [6.45, 7) is 3.28. The van der Waals surface area contributed by atoms with Crippen LogP contribution >= 0.6 is 0 Å². The second kappa shape index (κ2) is 5.82. The van der Waals surface area contributed by atoms with Crippen molar-refractivity contribution in [3.05, 3.63) is 65.2 Å². The molecule has 0 aliphatic rings. The molecule has 2 aromatic carbocycles. The topological polar surface area (TPSA) is 29.1 Å². The lowest BCUT2D eigenvalue weighted by Gasteiger charge is -2.17. The van der Waals surface area contributed by atoms with Crippen molar-refractivity contribution >= 4 is 11.6 Å². The van der Waals surface area contributed by atoms with E-state index in [2.05, 4.69) is 5.32 Å². The van der Waals surface area contributed by atoms with E-state index in [1.165, 1.54) is 37.3 Å². The van der Waals surface area contributed by atoms with Crippen molar-refractivity contribution in [2.75, 3.05) is 5.32 Å². The SMILES string of the molecule is CC(=O)Nc1ccc(F)cc1C(C)c1ccc(F)cc1. The van der Waals surface area contributed by atoms with Gasteiger partial charge in [-0.25, -0.2) is 8.78 Å². The summed E-state index contributed by atoms with van der Waals surface area (Å²) in [7, 11) is 0. The Morgan fingerprint density at radius 2 is 1.65 bits per heavy atom. The number of carbonyl (C=O) groups is 1. The number of amides is 1. The fraction of sp³-hybridized carbons (Fsp3) is 0.188. The van der Waals surface area contributed by atoms with Crippen molar-refractivity contribution in [3.63, 3.8) is 0 Å². The smallest absolute Gasteiger partial charge is 0.221 e. The van der Waals surface area contributed by atoms with E-state index in [-0.39, 0.29) is 23.5 Å². The van der Waals surface area contributed by atoms with Crippen LogP contribution in [-0.2, 0) is 4.79 Å². The summed E-state index contributed by atoms with van der Waals surface area (Å²) in [6, 6.07) is 10.3. The first-order valence-corrected chi connectivity index (χ1v) is 6.30. The van der Waals surface area contributed by atoms with Crippen LogP contribution in [0.15, 0.2) is 42.5 Å². The molecule has 0 radical (unpaired) electrons. The van der Waals surface area contributed by atoms with Gasteiger partial charge < -0.3 is 5.32 Å². The summed E-state index contributed by atoms with van der Waals surface area (Å²) in [6.07, 6.45) is 0. The van der Waals surface area contributed by atoms with E-state index < -0.39 is 0 Å². The fourth-order valence-corrected chi connectivity index (χ4v) is 2.13. The van der Waals surface area contributed by atoms with E-state index >= 15 is 0 Å². The van der Waals surface area contributed by atoms with Gasteiger partial charge in [-0.1, -0.05) is 19.1 Å². The van der Waals surface area contributed by atoms with E-state index in [0.29, 0.717) is 11.3 Å². The van der Waals surface area contributed by atoms with Crippen LogP contribution in [0.25, 0.3) is 0 Å². The van der Waals surface area contributed by atoms with Crippen molar-refractivity contribution in [2.45, 2.75) is 19.8 Å². The summed E-state index contributed by atoms with van der Waals surface area (Å²) in [5.41, 5.74) is 2.08. The molecule has 1 N–H and O–H groups in total. The average molecular weight is 275 g/mol. The third kappa shape index (κ3) is 3.20. The van der Waals surface area contributed by atoms with Gasteiger partial charge in [0.05, 0.1) is 0 Å². The van der Waals surface area contributed by atoms with Crippen molar-refractivity contribution < 1.29 is 13.6 Å². The number of anilines is 1. The van der Waals surface area contributed by atoms with E-state index in [0.717, 1.165) is 5.56 Å². The fourth-order valence-electron chi connectivity index (χ4n) is 2.13. The Morgan fingerprint density at radius 1 is 1.05 bits per heavy atom. The van der Waals surface area contributed by atoms with Crippen molar-refractivity contribution in [2.24, 2.45) is 0 Å². The maximum atomic E-state index is 13.5. The lowest BCUT2D eigenvalue weighted by Crippen LogP contribution is -2.10. The largest absolute Gasteiger partial charge is 0.326 e.